The highest BCUT2D eigenvalue weighted by Gasteiger charge is 2.35. The van der Waals surface area contributed by atoms with Crippen molar-refractivity contribution < 1.29 is 9.53 Å². The number of nitrogens with two attached hydrogens (primary N) is 1. The average Bonchev–Trinajstić information content (AvgIpc) is 2.50. The molecule has 1 saturated heterocycles. The van der Waals surface area contributed by atoms with Gasteiger partial charge in [-0.05, 0) is 43.9 Å². The molecule has 116 valence electrons. The van der Waals surface area contributed by atoms with Crippen LogP contribution >= 0.6 is 11.6 Å². The summed E-state index contributed by atoms with van der Waals surface area (Å²) in [7, 11) is 0. The van der Waals surface area contributed by atoms with Crippen molar-refractivity contribution in [1.82, 2.24) is 5.32 Å². The summed E-state index contributed by atoms with van der Waals surface area (Å²) in [6.07, 6.45) is 3.62. The standard InChI is InChI=1S/C16H23ClN2O2/c1-3-16(4-2)10-12(7-8-21-16)19-15(20)11-5-6-14(18)13(17)9-11/h5-6,9,12H,3-4,7-8,10,18H2,1-2H3,(H,19,20). The molecule has 1 heterocycles. The van der Waals surface area contributed by atoms with Crippen LogP contribution in [0.1, 0.15) is 49.9 Å². The quantitative estimate of drug-likeness (QED) is 0.838. The minimum atomic E-state index is -0.107. The van der Waals surface area contributed by atoms with Crippen molar-refractivity contribution >= 4 is 23.2 Å². The lowest BCUT2D eigenvalue weighted by molar-refractivity contribution is -0.0917. The van der Waals surface area contributed by atoms with Crippen LogP contribution in [0.25, 0.3) is 0 Å². The number of nitrogens with one attached hydrogen (secondary N) is 1. The van der Waals surface area contributed by atoms with Crippen LogP contribution in [0.15, 0.2) is 18.2 Å². The van der Waals surface area contributed by atoms with Gasteiger partial charge in [0.2, 0.25) is 0 Å². The smallest absolute Gasteiger partial charge is 0.251 e. The van der Waals surface area contributed by atoms with Gasteiger partial charge < -0.3 is 15.8 Å². The van der Waals surface area contributed by atoms with E-state index in [0.717, 1.165) is 25.7 Å². The Kier molecular flexibility index (Phi) is 5.12. The zero-order valence-electron chi connectivity index (χ0n) is 12.6. The van der Waals surface area contributed by atoms with Gasteiger partial charge in [-0.3, -0.25) is 4.79 Å². The third kappa shape index (κ3) is 3.69. The maximum Gasteiger partial charge on any atom is 0.251 e. The molecule has 4 nitrogen and oxygen atoms in total. The number of hydrogen-bond donors (Lipinski definition) is 2. The van der Waals surface area contributed by atoms with Crippen LogP contribution in [0.4, 0.5) is 5.69 Å². The van der Waals surface area contributed by atoms with Crippen LogP contribution in [0, 0.1) is 0 Å². The van der Waals surface area contributed by atoms with Crippen molar-refractivity contribution in [3.63, 3.8) is 0 Å². The maximum absolute atomic E-state index is 12.3. The van der Waals surface area contributed by atoms with Crippen molar-refractivity contribution in [2.45, 2.75) is 51.2 Å². The molecule has 1 aliphatic heterocycles. The molecule has 3 N–H and O–H groups in total. The van der Waals surface area contributed by atoms with E-state index < -0.39 is 0 Å². The Balaban J connectivity index is 2.03. The topological polar surface area (TPSA) is 64.4 Å². The molecular weight excluding hydrogens is 288 g/mol. The number of carbonyl (C=O) groups is 1. The van der Waals surface area contributed by atoms with Gasteiger partial charge in [-0.15, -0.1) is 0 Å². The second kappa shape index (κ2) is 6.67. The summed E-state index contributed by atoms with van der Waals surface area (Å²) >= 11 is 5.97. The second-order valence-electron chi connectivity index (χ2n) is 5.64. The molecule has 1 atom stereocenters. The van der Waals surface area contributed by atoms with Gasteiger partial charge >= 0.3 is 0 Å². The van der Waals surface area contributed by atoms with E-state index in [1.54, 1.807) is 18.2 Å². The Morgan fingerprint density at radius 2 is 2.19 bits per heavy atom. The van der Waals surface area contributed by atoms with Gasteiger partial charge in [-0.1, -0.05) is 25.4 Å². The molecule has 0 spiro atoms. The van der Waals surface area contributed by atoms with Gasteiger partial charge in [0.15, 0.2) is 0 Å². The van der Waals surface area contributed by atoms with Crippen molar-refractivity contribution in [3.8, 4) is 0 Å². The number of amides is 1. The van der Waals surface area contributed by atoms with Gasteiger partial charge in [-0.25, -0.2) is 0 Å². The van der Waals surface area contributed by atoms with Crippen LogP contribution in [-0.2, 0) is 4.74 Å². The normalized spacial score (nSPS) is 21.0. The van der Waals surface area contributed by atoms with Crippen molar-refractivity contribution in [1.29, 1.82) is 0 Å². The first kappa shape index (κ1) is 16.1. The highest BCUT2D eigenvalue weighted by Crippen LogP contribution is 2.31. The lowest BCUT2D eigenvalue weighted by Gasteiger charge is -2.40. The van der Waals surface area contributed by atoms with Gasteiger partial charge in [-0.2, -0.15) is 0 Å². The Hall–Kier alpha value is -1.26. The number of nitrogen functional groups attached to an aromatic ring is 1. The lowest BCUT2D eigenvalue weighted by Crippen LogP contribution is -2.48. The Morgan fingerprint density at radius 1 is 1.48 bits per heavy atom. The summed E-state index contributed by atoms with van der Waals surface area (Å²) in [5.74, 6) is -0.107. The summed E-state index contributed by atoms with van der Waals surface area (Å²) < 4.78 is 5.93. The van der Waals surface area contributed by atoms with Crippen LogP contribution in [-0.4, -0.2) is 24.2 Å². The zero-order valence-corrected chi connectivity index (χ0v) is 13.4. The lowest BCUT2D eigenvalue weighted by atomic mass is 9.86. The number of benzene rings is 1. The molecule has 1 fully saturated rings. The fraction of sp³-hybridized carbons (Fsp3) is 0.562. The molecular formula is C16H23ClN2O2. The minimum Gasteiger partial charge on any atom is -0.398 e. The van der Waals surface area contributed by atoms with E-state index >= 15 is 0 Å². The summed E-state index contributed by atoms with van der Waals surface area (Å²) in [5.41, 5.74) is 6.59. The molecule has 0 radical (unpaired) electrons. The van der Waals surface area contributed by atoms with Crippen molar-refractivity contribution in [3.05, 3.63) is 28.8 Å². The van der Waals surface area contributed by atoms with Gasteiger partial charge in [0.1, 0.15) is 0 Å². The Labute approximate surface area is 131 Å². The maximum atomic E-state index is 12.3. The Morgan fingerprint density at radius 3 is 2.81 bits per heavy atom. The number of rotatable bonds is 4. The van der Waals surface area contributed by atoms with Gasteiger partial charge in [0.05, 0.1) is 16.3 Å². The summed E-state index contributed by atoms with van der Waals surface area (Å²) in [4.78, 5) is 12.3. The third-order valence-corrected chi connectivity index (χ3v) is 4.71. The molecule has 1 aromatic carbocycles. The van der Waals surface area contributed by atoms with Crippen molar-refractivity contribution in [2.24, 2.45) is 0 Å². The molecule has 21 heavy (non-hydrogen) atoms. The molecule has 0 aromatic heterocycles. The predicted molar refractivity (Wildman–Crippen MR) is 85.6 cm³/mol. The van der Waals surface area contributed by atoms with Crippen LogP contribution in [0.3, 0.4) is 0 Å². The summed E-state index contributed by atoms with van der Waals surface area (Å²) in [5, 5.41) is 3.50. The van der Waals surface area contributed by atoms with Crippen LogP contribution < -0.4 is 11.1 Å². The molecule has 5 heteroatoms. The molecule has 0 saturated carbocycles. The molecule has 2 rings (SSSR count). The van der Waals surface area contributed by atoms with Gasteiger partial charge in [0, 0.05) is 18.2 Å². The third-order valence-electron chi connectivity index (χ3n) is 4.38. The first-order chi connectivity index (χ1) is 9.99. The molecule has 1 unspecified atom stereocenters. The van der Waals surface area contributed by atoms with Crippen molar-refractivity contribution in [2.75, 3.05) is 12.3 Å². The van der Waals surface area contributed by atoms with Crippen LogP contribution in [0.2, 0.25) is 5.02 Å². The second-order valence-corrected chi connectivity index (χ2v) is 6.05. The van der Waals surface area contributed by atoms with E-state index in [9.17, 15) is 4.79 Å². The number of anilines is 1. The van der Waals surface area contributed by atoms with E-state index in [0.29, 0.717) is 22.9 Å². The minimum absolute atomic E-state index is 0.102. The first-order valence-electron chi connectivity index (χ1n) is 7.49. The molecule has 0 bridgehead atoms. The largest absolute Gasteiger partial charge is 0.398 e. The highest BCUT2D eigenvalue weighted by atomic mass is 35.5. The van der Waals surface area contributed by atoms with E-state index in [2.05, 4.69) is 19.2 Å². The number of hydrogen-bond acceptors (Lipinski definition) is 3. The molecule has 1 amide bonds. The highest BCUT2D eigenvalue weighted by molar-refractivity contribution is 6.33. The van der Waals surface area contributed by atoms with Gasteiger partial charge in [0.25, 0.3) is 5.91 Å². The predicted octanol–water partition coefficient (Wildman–Crippen LogP) is 3.39. The average molecular weight is 311 g/mol. The summed E-state index contributed by atoms with van der Waals surface area (Å²) in [6.45, 7) is 4.95. The number of halogens is 1. The molecule has 1 aliphatic rings. The SMILES string of the molecule is CCC1(CC)CC(NC(=O)c2ccc(N)c(Cl)c2)CCO1. The van der Waals surface area contributed by atoms with E-state index in [1.807, 2.05) is 0 Å². The molecule has 0 aliphatic carbocycles. The zero-order chi connectivity index (χ0) is 15.5. The first-order valence-corrected chi connectivity index (χ1v) is 7.87. The number of carbonyl (C=O) groups excluding carboxylic acids is 1. The monoisotopic (exact) mass is 310 g/mol. The fourth-order valence-electron chi connectivity index (χ4n) is 2.83. The summed E-state index contributed by atoms with van der Waals surface area (Å²) in [6, 6.07) is 5.10. The molecule has 1 aromatic rings. The van der Waals surface area contributed by atoms with E-state index in [1.165, 1.54) is 0 Å². The number of ether oxygens (including phenoxy) is 1. The van der Waals surface area contributed by atoms with Crippen LogP contribution in [0.5, 0.6) is 0 Å². The van der Waals surface area contributed by atoms with E-state index in [4.69, 9.17) is 22.1 Å². The fourth-order valence-corrected chi connectivity index (χ4v) is 3.01. The Bertz CT molecular complexity index is 515. The van der Waals surface area contributed by atoms with E-state index in [-0.39, 0.29) is 17.6 Å².